The van der Waals surface area contributed by atoms with E-state index in [1.165, 1.54) is 23.8 Å². The Hall–Kier alpha value is -2.42. The number of phenolic OH excluding ortho intramolecular Hbond substituents is 1. The molecule has 0 aliphatic heterocycles. The van der Waals surface area contributed by atoms with Crippen LogP contribution in [-0.4, -0.2) is 16.7 Å². The summed E-state index contributed by atoms with van der Waals surface area (Å²) >= 11 is 0. The van der Waals surface area contributed by atoms with Crippen LogP contribution in [0.15, 0.2) is 42.0 Å². The molecule has 1 aromatic carbocycles. The molecule has 108 valence electrons. The molecule has 1 N–H and O–H groups in total. The summed E-state index contributed by atoms with van der Waals surface area (Å²) in [6.07, 6.45) is 6.59. The Labute approximate surface area is 124 Å². The Bertz CT molecular complexity index is 699. The minimum Gasteiger partial charge on any atom is -0.508 e. The molecule has 0 heterocycles. The average molecular weight is 282 g/mol. The number of carbonyl (C=O) groups is 2. The highest BCUT2D eigenvalue weighted by molar-refractivity contribution is 6.34. The molecule has 0 saturated heterocycles. The number of carbonyl (C=O) groups excluding carboxylic acids is 2. The van der Waals surface area contributed by atoms with Gasteiger partial charge in [-0.15, -0.1) is 0 Å². The molecule has 3 nitrogen and oxygen atoms in total. The van der Waals surface area contributed by atoms with Gasteiger partial charge in [0.2, 0.25) is 0 Å². The third-order valence-electron chi connectivity index (χ3n) is 3.43. The van der Waals surface area contributed by atoms with E-state index >= 15 is 0 Å². The third-order valence-corrected chi connectivity index (χ3v) is 3.43. The normalized spacial score (nSPS) is 14.1. The van der Waals surface area contributed by atoms with Crippen LogP contribution < -0.4 is 0 Å². The third kappa shape index (κ3) is 3.37. The second kappa shape index (κ2) is 5.92. The van der Waals surface area contributed by atoms with Crippen molar-refractivity contribution in [3.63, 3.8) is 0 Å². The fraction of sp³-hybridized carbons (Fsp3) is 0.222. The van der Waals surface area contributed by atoms with Crippen molar-refractivity contribution < 1.29 is 14.7 Å². The molecule has 0 spiro atoms. The monoisotopic (exact) mass is 282 g/mol. The van der Waals surface area contributed by atoms with Crippen LogP contribution >= 0.6 is 0 Å². The molecule has 2 rings (SSSR count). The molecule has 0 saturated carbocycles. The first-order valence-corrected chi connectivity index (χ1v) is 6.83. The molecule has 0 aromatic heterocycles. The zero-order valence-electron chi connectivity index (χ0n) is 12.4. The largest absolute Gasteiger partial charge is 0.508 e. The van der Waals surface area contributed by atoms with Gasteiger partial charge in [-0.05, 0) is 68.2 Å². The molecule has 21 heavy (non-hydrogen) atoms. The van der Waals surface area contributed by atoms with Gasteiger partial charge >= 0.3 is 0 Å². The van der Waals surface area contributed by atoms with E-state index in [-0.39, 0.29) is 17.3 Å². The maximum absolute atomic E-state index is 12.0. The topological polar surface area (TPSA) is 54.4 Å². The van der Waals surface area contributed by atoms with Gasteiger partial charge in [0.1, 0.15) is 5.75 Å². The highest BCUT2D eigenvalue weighted by Crippen LogP contribution is 2.30. The van der Waals surface area contributed by atoms with Crippen LogP contribution in [0.3, 0.4) is 0 Å². The summed E-state index contributed by atoms with van der Waals surface area (Å²) in [5, 5.41) is 10.1. The van der Waals surface area contributed by atoms with Gasteiger partial charge < -0.3 is 5.11 Å². The van der Waals surface area contributed by atoms with E-state index in [9.17, 15) is 14.7 Å². The van der Waals surface area contributed by atoms with Gasteiger partial charge in [0, 0.05) is 5.57 Å². The summed E-state index contributed by atoms with van der Waals surface area (Å²) in [4.78, 5) is 23.5. The van der Waals surface area contributed by atoms with Gasteiger partial charge in [-0.3, -0.25) is 9.59 Å². The molecule has 3 heteroatoms. The zero-order chi connectivity index (χ0) is 15.6. The molecule has 0 radical (unpaired) electrons. The van der Waals surface area contributed by atoms with Gasteiger partial charge in [-0.25, -0.2) is 0 Å². The van der Waals surface area contributed by atoms with Crippen LogP contribution in [0.4, 0.5) is 0 Å². The van der Waals surface area contributed by atoms with Gasteiger partial charge in [0.25, 0.3) is 0 Å². The van der Waals surface area contributed by atoms with E-state index in [1.54, 1.807) is 13.0 Å². The van der Waals surface area contributed by atoms with E-state index < -0.39 is 0 Å². The second-order valence-corrected chi connectivity index (χ2v) is 5.43. The van der Waals surface area contributed by atoms with Crippen molar-refractivity contribution in [2.24, 2.45) is 0 Å². The zero-order valence-corrected chi connectivity index (χ0v) is 12.4. The second-order valence-electron chi connectivity index (χ2n) is 5.43. The number of ketones is 2. The van der Waals surface area contributed by atoms with Crippen LogP contribution in [-0.2, 0) is 16.0 Å². The quantitative estimate of drug-likeness (QED) is 0.683. The lowest BCUT2D eigenvalue weighted by molar-refractivity contribution is -0.113. The van der Waals surface area contributed by atoms with E-state index in [1.807, 2.05) is 19.9 Å². The number of phenols is 1. The smallest absolute Gasteiger partial charge is 0.186 e. The Balaban J connectivity index is 2.50. The Morgan fingerprint density at radius 2 is 1.90 bits per heavy atom. The molecule has 0 unspecified atom stereocenters. The standard InChI is InChI=1S/C18H18O3/c1-11(2)4-5-13-8-15(12(3)18(21)9-13)16-10-14(19)6-7-17(16)20/h4,6-10,21H,5H2,1-3H3. The van der Waals surface area contributed by atoms with E-state index in [2.05, 4.69) is 6.08 Å². The Kier molecular flexibility index (Phi) is 4.22. The van der Waals surface area contributed by atoms with E-state index in [0.717, 1.165) is 5.56 Å². The fourth-order valence-corrected chi connectivity index (χ4v) is 2.20. The number of hydrogen-bond acceptors (Lipinski definition) is 3. The van der Waals surface area contributed by atoms with Crippen LogP contribution in [0.25, 0.3) is 5.57 Å². The summed E-state index contributed by atoms with van der Waals surface area (Å²) in [6.45, 7) is 5.75. The lowest BCUT2D eigenvalue weighted by atomic mass is 9.90. The van der Waals surface area contributed by atoms with Gasteiger partial charge in [-0.2, -0.15) is 0 Å². The Morgan fingerprint density at radius 3 is 2.57 bits per heavy atom. The predicted octanol–water partition coefficient (Wildman–Crippen LogP) is 3.30. The molecular formula is C18H18O3. The van der Waals surface area contributed by atoms with Crippen LogP contribution in [0, 0.1) is 6.92 Å². The van der Waals surface area contributed by atoms with Crippen molar-refractivity contribution in [1.82, 2.24) is 0 Å². The Morgan fingerprint density at radius 1 is 1.19 bits per heavy atom. The molecule has 0 bridgehead atoms. The number of hydrogen-bond donors (Lipinski definition) is 1. The van der Waals surface area contributed by atoms with Crippen molar-refractivity contribution in [3.05, 3.63) is 58.7 Å². The highest BCUT2D eigenvalue weighted by atomic mass is 16.3. The molecule has 0 atom stereocenters. The maximum atomic E-state index is 12.0. The van der Waals surface area contributed by atoms with Gasteiger partial charge in [0.15, 0.2) is 11.6 Å². The van der Waals surface area contributed by atoms with Crippen LogP contribution in [0.2, 0.25) is 0 Å². The first-order valence-electron chi connectivity index (χ1n) is 6.83. The van der Waals surface area contributed by atoms with Crippen molar-refractivity contribution in [2.75, 3.05) is 0 Å². The molecule has 1 aromatic rings. The minimum atomic E-state index is -0.212. The number of aromatic hydroxyl groups is 1. The fourth-order valence-electron chi connectivity index (χ4n) is 2.20. The summed E-state index contributed by atoms with van der Waals surface area (Å²) < 4.78 is 0. The summed E-state index contributed by atoms with van der Waals surface area (Å²) in [5.74, 6) is -0.282. The molecular weight excluding hydrogens is 264 g/mol. The summed E-state index contributed by atoms with van der Waals surface area (Å²) in [6, 6.07) is 3.56. The summed E-state index contributed by atoms with van der Waals surface area (Å²) in [5.41, 5.74) is 3.66. The first kappa shape index (κ1) is 15.0. The van der Waals surface area contributed by atoms with Gasteiger partial charge in [-0.1, -0.05) is 17.7 Å². The average Bonchev–Trinajstić information content (AvgIpc) is 2.43. The molecule has 0 fully saturated rings. The van der Waals surface area contributed by atoms with E-state index in [4.69, 9.17) is 0 Å². The number of rotatable bonds is 3. The molecule has 1 aliphatic rings. The number of benzene rings is 1. The minimum absolute atomic E-state index is 0.139. The first-order chi connectivity index (χ1) is 9.88. The molecule has 0 amide bonds. The lowest BCUT2D eigenvalue weighted by Crippen LogP contribution is -2.08. The maximum Gasteiger partial charge on any atom is 0.186 e. The predicted molar refractivity (Wildman–Crippen MR) is 83.1 cm³/mol. The van der Waals surface area contributed by atoms with Crippen molar-refractivity contribution in [3.8, 4) is 5.75 Å². The van der Waals surface area contributed by atoms with Crippen molar-refractivity contribution in [2.45, 2.75) is 27.2 Å². The summed E-state index contributed by atoms with van der Waals surface area (Å²) in [7, 11) is 0. The van der Waals surface area contributed by atoms with Crippen molar-refractivity contribution in [1.29, 1.82) is 0 Å². The van der Waals surface area contributed by atoms with Crippen LogP contribution in [0.5, 0.6) is 5.75 Å². The van der Waals surface area contributed by atoms with E-state index in [0.29, 0.717) is 23.1 Å². The van der Waals surface area contributed by atoms with Crippen molar-refractivity contribution >= 4 is 17.1 Å². The van der Waals surface area contributed by atoms with Gasteiger partial charge in [0.05, 0.1) is 0 Å². The lowest BCUT2D eigenvalue weighted by Gasteiger charge is -2.13. The molecule has 1 aliphatic carbocycles. The SMILES string of the molecule is CC(C)=CCc1cc(O)c(C)c(C2=CC(=O)C=CC2=O)c1. The van der Waals surface area contributed by atoms with Crippen LogP contribution in [0.1, 0.15) is 30.5 Å². The highest BCUT2D eigenvalue weighted by Gasteiger charge is 2.19. The number of allylic oxidation sites excluding steroid dienone is 6.